The SMILES string of the molecule is Cc1ccccc1NC(=O)N(C1CC(c2ccccc2)CC(c2ccccc2)N(CC(=O)O)C1=O)C1(C)CCCCC1. The molecule has 7 heteroatoms. The van der Waals surface area contributed by atoms with Crippen LogP contribution in [-0.2, 0) is 9.59 Å². The number of carbonyl (C=O) groups is 3. The van der Waals surface area contributed by atoms with E-state index < -0.39 is 30.1 Å². The Morgan fingerprint density at radius 3 is 2.10 bits per heavy atom. The minimum Gasteiger partial charge on any atom is -0.480 e. The molecule has 2 aliphatic rings. The van der Waals surface area contributed by atoms with Gasteiger partial charge in [0.25, 0.3) is 0 Å². The van der Waals surface area contributed by atoms with E-state index in [0.717, 1.165) is 48.8 Å². The van der Waals surface area contributed by atoms with Crippen LogP contribution in [0.15, 0.2) is 84.9 Å². The second-order valence-corrected chi connectivity index (χ2v) is 12.1. The Hall–Kier alpha value is -4.13. The number of carboxylic acid groups (broad SMARTS) is 1. The molecule has 0 radical (unpaired) electrons. The monoisotopic (exact) mass is 567 g/mol. The maximum absolute atomic E-state index is 14.7. The lowest BCUT2D eigenvalue weighted by Crippen LogP contribution is -2.61. The second kappa shape index (κ2) is 12.8. The molecule has 0 bridgehead atoms. The highest BCUT2D eigenvalue weighted by Gasteiger charge is 2.48. The molecule has 3 atom stereocenters. The van der Waals surface area contributed by atoms with Gasteiger partial charge in [0.2, 0.25) is 5.91 Å². The first-order valence-electron chi connectivity index (χ1n) is 15.0. The summed E-state index contributed by atoms with van der Waals surface area (Å²) in [6, 6.07) is 25.8. The predicted octanol–water partition coefficient (Wildman–Crippen LogP) is 7.15. The van der Waals surface area contributed by atoms with E-state index in [1.54, 1.807) is 4.90 Å². The third-order valence-electron chi connectivity index (χ3n) is 9.15. The van der Waals surface area contributed by atoms with Crippen molar-refractivity contribution in [1.29, 1.82) is 0 Å². The average molecular weight is 568 g/mol. The van der Waals surface area contributed by atoms with Gasteiger partial charge in [-0.2, -0.15) is 0 Å². The van der Waals surface area contributed by atoms with E-state index in [0.29, 0.717) is 18.5 Å². The summed E-state index contributed by atoms with van der Waals surface area (Å²) in [6.07, 6.45) is 5.59. The topological polar surface area (TPSA) is 90.0 Å². The molecule has 2 N–H and O–H groups in total. The molecule has 1 saturated heterocycles. The molecule has 1 aliphatic carbocycles. The summed E-state index contributed by atoms with van der Waals surface area (Å²) in [5.41, 5.74) is 3.08. The molecule has 0 spiro atoms. The van der Waals surface area contributed by atoms with E-state index in [9.17, 15) is 19.5 Å². The second-order valence-electron chi connectivity index (χ2n) is 12.1. The molecule has 3 amide bonds. The molecule has 1 saturated carbocycles. The molecule has 0 aromatic heterocycles. The zero-order valence-corrected chi connectivity index (χ0v) is 24.5. The molecule has 2 fully saturated rings. The summed E-state index contributed by atoms with van der Waals surface area (Å²) in [4.78, 5) is 44.6. The number of carbonyl (C=O) groups excluding carboxylic acids is 2. The number of rotatable bonds is 7. The van der Waals surface area contributed by atoms with Crippen LogP contribution in [0.25, 0.3) is 0 Å². The Bertz CT molecular complexity index is 1390. The number of likely N-dealkylation sites (tertiary alicyclic amines) is 1. The number of nitrogens with zero attached hydrogens (tertiary/aromatic N) is 2. The van der Waals surface area contributed by atoms with Crippen LogP contribution in [-0.4, -0.2) is 50.9 Å². The van der Waals surface area contributed by atoms with E-state index >= 15 is 0 Å². The molecule has 42 heavy (non-hydrogen) atoms. The van der Waals surface area contributed by atoms with Crippen molar-refractivity contribution >= 4 is 23.6 Å². The van der Waals surface area contributed by atoms with Gasteiger partial charge in [0.1, 0.15) is 12.6 Å². The van der Waals surface area contributed by atoms with Crippen molar-refractivity contribution in [3.05, 3.63) is 102 Å². The molecule has 220 valence electrons. The van der Waals surface area contributed by atoms with Crippen molar-refractivity contribution in [3.8, 4) is 0 Å². The average Bonchev–Trinajstić information content (AvgIpc) is 3.12. The molecule has 3 unspecified atom stereocenters. The normalized spacial score (nSPS) is 22.2. The van der Waals surface area contributed by atoms with Gasteiger partial charge < -0.3 is 20.2 Å². The summed E-state index contributed by atoms with van der Waals surface area (Å²) in [5, 5.41) is 13.1. The fraction of sp³-hybridized carbons (Fsp3) is 0.400. The fourth-order valence-corrected chi connectivity index (χ4v) is 6.95. The zero-order chi connectivity index (χ0) is 29.7. The maximum Gasteiger partial charge on any atom is 0.323 e. The number of aryl methyl sites for hydroxylation is 1. The first-order chi connectivity index (χ1) is 20.3. The van der Waals surface area contributed by atoms with Crippen molar-refractivity contribution in [2.75, 3.05) is 11.9 Å². The Morgan fingerprint density at radius 2 is 1.48 bits per heavy atom. The fourth-order valence-electron chi connectivity index (χ4n) is 6.95. The van der Waals surface area contributed by atoms with Gasteiger partial charge in [-0.15, -0.1) is 0 Å². The highest BCUT2D eigenvalue weighted by Crippen LogP contribution is 2.44. The number of para-hydroxylation sites is 1. The lowest BCUT2D eigenvalue weighted by molar-refractivity contribution is -0.149. The van der Waals surface area contributed by atoms with Gasteiger partial charge in [-0.3, -0.25) is 9.59 Å². The van der Waals surface area contributed by atoms with Crippen molar-refractivity contribution in [2.24, 2.45) is 0 Å². The third-order valence-corrected chi connectivity index (χ3v) is 9.15. The van der Waals surface area contributed by atoms with Crippen molar-refractivity contribution < 1.29 is 19.5 Å². The van der Waals surface area contributed by atoms with Crippen LogP contribution < -0.4 is 5.32 Å². The number of anilines is 1. The van der Waals surface area contributed by atoms with Gasteiger partial charge in [-0.1, -0.05) is 98.1 Å². The lowest BCUT2D eigenvalue weighted by atomic mass is 9.79. The van der Waals surface area contributed by atoms with E-state index in [1.165, 1.54) is 4.90 Å². The van der Waals surface area contributed by atoms with E-state index in [2.05, 4.69) is 24.4 Å². The first kappa shape index (κ1) is 29.4. The number of hydrogen-bond acceptors (Lipinski definition) is 3. The van der Waals surface area contributed by atoms with Gasteiger partial charge in [0.05, 0.1) is 6.04 Å². The Morgan fingerprint density at radius 1 is 0.881 bits per heavy atom. The first-order valence-corrected chi connectivity index (χ1v) is 15.0. The largest absolute Gasteiger partial charge is 0.480 e. The smallest absolute Gasteiger partial charge is 0.323 e. The van der Waals surface area contributed by atoms with Crippen LogP contribution in [0.1, 0.15) is 80.5 Å². The minimum atomic E-state index is -1.07. The zero-order valence-electron chi connectivity index (χ0n) is 24.5. The molecule has 1 aliphatic heterocycles. The molecule has 7 nitrogen and oxygen atoms in total. The highest BCUT2D eigenvalue weighted by molar-refractivity contribution is 5.96. The number of amides is 3. The summed E-state index contributed by atoms with van der Waals surface area (Å²) < 4.78 is 0. The third kappa shape index (κ3) is 6.35. The summed E-state index contributed by atoms with van der Waals surface area (Å²) >= 11 is 0. The van der Waals surface area contributed by atoms with Crippen LogP contribution >= 0.6 is 0 Å². The number of nitrogens with one attached hydrogen (secondary N) is 1. The number of aliphatic carboxylic acids is 1. The van der Waals surface area contributed by atoms with Gasteiger partial charge in [-0.25, -0.2) is 4.79 Å². The standard InChI is InChI=1S/C35H41N3O4/c1-25-14-10-11-19-29(25)36-34(42)38(35(2)20-12-5-13-21-35)31-23-28(26-15-6-3-7-16-26)22-30(27-17-8-4-9-18-27)37(33(31)41)24-32(39)40/h3-4,6-11,14-19,28,30-31H,5,12-13,20-24H2,1-2H3,(H,36,42)(H,39,40). The van der Waals surface area contributed by atoms with E-state index in [1.807, 2.05) is 79.7 Å². The van der Waals surface area contributed by atoms with Gasteiger partial charge in [-0.05, 0) is 68.2 Å². The van der Waals surface area contributed by atoms with E-state index in [-0.39, 0.29) is 17.9 Å². The Labute approximate surface area is 248 Å². The molecular formula is C35H41N3O4. The van der Waals surface area contributed by atoms with Crippen LogP contribution in [0.5, 0.6) is 0 Å². The molecular weight excluding hydrogens is 526 g/mol. The Kier molecular flexibility index (Phi) is 8.95. The summed E-state index contributed by atoms with van der Waals surface area (Å²) in [7, 11) is 0. The van der Waals surface area contributed by atoms with Crippen molar-refractivity contribution in [2.45, 2.75) is 82.3 Å². The van der Waals surface area contributed by atoms with Crippen LogP contribution in [0.3, 0.4) is 0 Å². The Balaban J connectivity index is 1.63. The van der Waals surface area contributed by atoms with Crippen molar-refractivity contribution in [3.63, 3.8) is 0 Å². The van der Waals surface area contributed by atoms with Crippen LogP contribution in [0, 0.1) is 6.92 Å². The number of carboxylic acids is 1. The molecule has 1 heterocycles. The number of benzene rings is 3. The molecule has 3 aromatic carbocycles. The summed E-state index contributed by atoms with van der Waals surface area (Å²) in [5.74, 6) is -1.44. The van der Waals surface area contributed by atoms with E-state index in [4.69, 9.17) is 0 Å². The highest BCUT2D eigenvalue weighted by atomic mass is 16.4. The number of hydrogen-bond donors (Lipinski definition) is 2. The number of urea groups is 1. The van der Waals surface area contributed by atoms with Crippen LogP contribution in [0.4, 0.5) is 10.5 Å². The molecule has 3 aromatic rings. The van der Waals surface area contributed by atoms with Crippen molar-refractivity contribution in [1.82, 2.24) is 9.80 Å². The van der Waals surface area contributed by atoms with Gasteiger partial charge in [0, 0.05) is 11.2 Å². The van der Waals surface area contributed by atoms with Gasteiger partial charge in [0.15, 0.2) is 0 Å². The summed E-state index contributed by atoms with van der Waals surface area (Å²) in [6.45, 7) is 3.61. The quantitative estimate of drug-likeness (QED) is 0.317. The minimum absolute atomic E-state index is 0.0647. The van der Waals surface area contributed by atoms with Crippen LogP contribution in [0.2, 0.25) is 0 Å². The molecule has 5 rings (SSSR count). The lowest BCUT2D eigenvalue weighted by Gasteiger charge is -2.48. The maximum atomic E-state index is 14.7. The van der Waals surface area contributed by atoms with Gasteiger partial charge >= 0.3 is 12.0 Å². The predicted molar refractivity (Wildman–Crippen MR) is 164 cm³/mol.